The molecule has 8 heteroatoms. The number of carbonyl (C=O) groups excluding carboxylic acids is 2. The molecule has 2 heterocycles. The van der Waals surface area contributed by atoms with E-state index in [-0.39, 0.29) is 11.3 Å². The Morgan fingerprint density at radius 2 is 1.88 bits per heavy atom. The molecule has 0 saturated carbocycles. The Hall–Kier alpha value is -3.84. The number of anilines is 1. The van der Waals surface area contributed by atoms with E-state index in [4.69, 9.17) is 21.1 Å². The van der Waals surface area contributed by atoms with Crippen LogP contribution in [0.2, 0.25) is 5.02 Å². The summed E-state index contributed by atoms with van der Waals surface area (Å²) in [7, 11) is 1.52. The standard InChI is InChI=1S/C25H21ClN2O5/c1-3-33-20-13-16(7-8-19(20)26)23(29)21-22(15-9-11-27-12-10-15)28(25(31)24(21)30)17-5-4-6-18(14-17)32-2/h4-14,22,29H,3H2,1-2H3/b23-21+. The molecule has 1 saturated heterocycles. The highest BCUT2D eigenvalue weighted by Gasteiger charge is 2.47. The van der Waals surface area contributed by atoms with Crippen molar-refractivity contribution in [3.05, 3.63) is 88.7 Å². The highest BCUT2D eigenvalue weighted by atomic mass is 35.5. The van der Waals surface area contributed by atoms with Crippen LogP contribution in [0.15, 0.2) is 72.6 Å². The van der Waals surface area contributed by atoms with Gasteiger partial charge in [0.2, 0.25) is 0 Å². The number of pyridine rings is 1. The first-order valence-corrected chi connectivity index (χ1v) is 10.6. The molecule has 1 amide bonds. The third-order valence-electron chi connectivity index (χ3n) is 5.30. The zero-order valence-electron chi connectivity index (χ0n) is 18.0. The quantitative estimate of drug-likeness (QED) is 0.321. The van der Waals surface area contributed by atoms with Crippen LogP contribution in [0.25, 0.3) is 5.76 Å². The Bertz CT molecular complexity index is 1240. The van der Waals surface area contributed by atoms with Crippen LogP contribution < -0.4 is 14.4 Å². The average molecular weight is 465 g/mol. The zero-order chi connectivity index (χ0) is 23.5. The molecule has 3 aromatic rings. The van der Waals surface area contributed by atoms with E-state index in [9.17, 15) is 14.7 Å². The van der Waals surface area contributed by atoms with Gasteiger partial charge in [-0.1, -0.05) is 17.7 Å². The predicted molar refractivity (Wildman–Crippen MR) is 125 cm³/mol. The van der Waals surface area contributed by atoms with Crippen molar-refractivity contribution in [2.45, 2.75) is 13.0 Å². The van der Waals surface area contributed by atoms with Gasteiger partial charge in [0.25, 0.3) is 11.7 Å². The van der Waals surface area contributed by atoms with Crippen molar-refractivity contribution in [2.75, 3.05) is 18.6 Å². The zero-order valence-corrected chi connectivity index (χ0v) is 18.7. The molecule has 1 aliphatic heterocycles. The van der Waals surface area contributed by atoms with Gasteiger partial charge >= 0.3 is 0 Å². The molecule has 33 heavy (non-hydrogen) atoms. The normalized spacial score (nSPS) is 17.3. The molecule has 0 aliphatic carbocycles. The molecule has 1 atom stereocenters. The van der Waals surface area contributed by atoms with Crippen LogP contribution in [0.1, 0.15) is 24.1 Å². The van der Waals surface area contributed by atoms with Gasteiger partial charge in [-0.3, -0.25) is 19.5 Å². The number of aliphatic hydroxyl groups excluding tert-OH is 1. The first kappa shape index (κ1) is 22.4. The molecule has 1 aromatic heterocycles. The summed E-state index contributed by atoms with van der Waals surface area (Å²) >= 11 is 6.18. The molecule has 0 radical (unpaired) electrons. The van der Waals surface area contributed by atoms with Crippen molar-refractivity contribution in [1.82, 2.24) is 4.98 Å². The molecule has 0 spiro atoms. The molecular formula is C25H21ClN2O5. The van der Waals surface area contributed by atoms with E-state index in [1.165, 1.54) is 12.0 Å². The maximum Gasteiger partial charge on any atom is 0.300 e. The molecular weight excluding hydrogens is 444 g/mol. The van der Waals surface area contributed by atoms with Gasteiger partial charge in [-0.2, -0.15) is 0 Å². The van der Waals surface area contributed by atoms with Gasteiger partial charge in [-0.15, -0.1) is 0 Å². The van der Waals surface area contributed by atoms with E-state index in [0.29, 0.717) is 39.9 Å². The van der Waals surface area contributed by atoms with E-state index < -0.39 is 17.7 Å². The second-order valence-electron chi connectivity index (χ2n) is 7.23. The third-order valence-corrected chi connectivity index (χ3v) is 5.61. The highest BCUT2D eigenvalue weighted by molar-refractivity contribution is 6.51. The van der Waals surface area contributed by atoms with Crippen molar-refractivity contribution in [3.8, 4) is 11.5 Å². The van der Waals surface area contributed by atoms with E-state index in [1.807, 2.05) is 6.92 Å². The summed E-state index contributed by atoms with van der Waals surface area (Å²) in [5.41, 5.74) is 1.35. The van der Waals surface area contributed by atoms with Crippen molar-refractivity contribution < 1.29 is 24.2 Å². The fourth-order valence-corrected chi connectivity index (χ4v) is 3.96. The summed E-state index contributed by atoms with van der Waals surface area (Å²) in [5.74, 6) is -0.985. The number of hydrogen-bond acceptors (Lipinski definition) is 6. The smallest absolute Gasteiger partial charge is 0.300 e. The van der Waals surface area contributed by atoms with Crippen molar-refractivity contribution in [3.63, 3.8) is 0 Å². The first-order chi connectivity index (χ1) is 16.0. The number of amides is 1. The average Bonchev–Trinajstić information content (AvgIpc) is 3.11. The van der Waals surface area contributed by atoms with E-state index in [1.54, 1.807) is 67.0 Å². The SMILES string of the molecule is CCOc1cc(/C(O)=C2\C(=O)C(=O)N(c3cccc(OC)c3)C2c2ccncc2)ccc1Cl. The maximum absolute atomic E-state index is 13.2. The lowest BCUT2D eigenvalue weighted by Crippen LogP contribution is -2.29. The molecule has 1 aliphatic rings. The largest absolute Gasteiger partial charge is 0.507 e. The molecule has 1 unspecified atom stereocenters. The van der Waals surface area contributed by atoms with Crippen LogP contribution >= 0.6 is 11.6 Å². The Morgan fingerprint density at radius 1 is 1.12 bits per heavy atom. The minimum atomic E-state index is -0.869. The van der Waals surface area contributed by atoms with Crippen molar-refractivity contribution in [2.24, 2.45) is 0 Å². The van der Waals surface area contributed by atoms with Crippen molar-refractivity contribution in [1.29, 1.82) is 0 Å². The first-order valence-electron chi connectivity index (χ1n) is 10.2. The number of rotatable bonds is 6. The van der Waals surface area contributed by atoms with E-state index in [0.717, 1.165) is 0 Å². The molecule has 2 aromatic carbocycles. The van der Waals surface area contributed by atoms with Crippen molar-refractivity contribution >= 4 is 34.7 Å². The topological polar surface area (TPSA) is 89.0 Å². The van der Waals surface area contributed by atoms with Crippen LogP contribution in [0.4, 0.5) is 5.69 Å². The number of hydrogen-bond donors (Lipinski definition) is 1. The number of halogens is 1. The van der Waals surface area contributed by atoms with Gasteiger partial charge in [0.05, 0.1) is 30.4 Å². The van der Waals surface area contributed by atoms with Gasteiger partial charge < -0.3 is 14.6 Å². The molecule has 0 bridgehead atoms. The summed E-state index contributed by atoms with van der Waals surface area (Å²) in [6.45, 7) is 2.19. The number of nitrogens with zero attached hydrogens (tertiary/aromatic N) is 2. The van der Waals surface area contributed by atoms with E-state index >= 15 is 0 Å². The predicted octanol–water partition coefficient (Wildman–Crippen LogP) is 4.77. The Morgan fingerprint density at radius 3 is 2.58 bits per heavy atom. The lowest BCUT2D eigenvalue weighted by Gasteiger charge is -2.25. The number of aromatic nitrogens is 1. The summed E-state index contributed by atoms with van der Waals surface area (Å²) in [6.07, 6.45) is 3.13. The summed E-state index contributed by atoms with van der Waals surface area (Å²) in [4.78, 5) is 31.8. The number of aliphatic hydroxyl groups is 1. The van der Waals surface area contributed by atoms with Gasteiger partial charge in [0.15, 0.2) is 0 Å². The summed E-state index contributed by atoms with van der Waals surface area (Å²) < 4.78 is 10.8. The number of benzene rings is 2. The third kappa shape index (κ3) is 4.15. The van der Waals surface area contributed by atoms with Gasteiger partial charge in [0, 0.05) is 29.7 Å². The second-order valence-corrected chi connectivity index (χ2v) is 7.64. The molecule has 7 nitrogen and oxygen atoms in total. The minimum Gasteiger partial charge on any atom is -0.507 e. The monoisotopic (exact) mass is 464 g/mol. The van der Waals surface area contributed by atoms with Crippen LogP contribution in [-0.4, -0.2) is 35.5 Å². The molecule has 168 valence electrons. The molecule has 1 N–H and O–H groups in total. The van der Waals surface area contributed by atoms with Crippen LogP contribution in [-0.2, 0) is 9.59 Å². The maximum atomic E-state index is 13.2. The number of methoxy groups -OCH3 is 1. The number of Topliss-reactive ketones (excluding diaryl/α,β-unsaturated/α-hetero) is 1. The highest BCUT2D eigenvalue weighted by Crippen LogP contribution is 2.43. The lowest BCUT2D eigenvalue weighted by molar-refractivity contribution is -0.132. The number of carbonyl (C=O) groups is 2. The Kier molecular flexibility index (Phi) is 6.33. The van der Waals surface area contributed by atoms with Gasteiger partial charge in [0.1, 0.15) is 17.3 Å². The summed E-state index contributed by atoms with van der Waals surface area (Å²) in [5, 5.41) is 11.6. The molecule has 4 rings (SSSR count). The fraction of sp³-hybridized carbons (Fsp3) is 0.160. The van der Waals surface area contributed by atoms with Crippen LogP contribution in [0, 0.1) is 0 Å². The lowest BCUT2D eigenvalue weighted by atomic mass is 9.95. The van der Waals surface area contributed by atoms with Gasteiger partial charge in [-0.25, -0.2) is 0 Å². The second kappa shape index (κ2) is 9.34. The minimum absolute atomic E-state index is 0.0428. The Labute approximate surface area is 195 Å². The van der Waals surface area contributed by atoms with Crippen LogP contribution in [0.3, 0.4) is 0 Å². The molecule has 1 fully saturated rings. The Balaban J connectivity index is 1.92. The fourth-order valence-electron chi connectivity index (χ4n) is 3.79. The summed E-state index contributed by atoms with van der Waals surface area (Å²) in [6, 6.07) is 14.1. The van der Waals surface area contributed by atoms with Gasteiger partial charge in [-0.05, 0) is 55.0 Å². The number of ketones is 1. The van der Waals surface area contributed by atoms with E-state index in [2.05, 4.69) is 4.98 Å². The number of ether oxygens (including phenoxy) is 2. The van der Waals surface area contributed by atoms with Crippen LogP contribution in [0.5, 0.6) is 11.5 Å².